The quantitative estimate of drug-likeness (QED) is 0.142. The third kappa shape index (κ3) is 11.8. The smallest absolute Gasteiger partial charge is 0.227 e. The number of piperazine rings is 1. The molecule has 0 aliphatic carbocycles. The number of unbranched alkanes of at least 4 members (excludes halogenated alkanes) is 10. The summed E-state index contributed by atoms with van der Waals surface area (Å²) in [5, 5.41) is 0. The van der Waals surface area contributed by atoms with Gasteiger partial charge >= 0.3 is 0 Å². The average molecular weight is 557 g/mol. The summed E-state index contributed by atoms with van der Waals surface area (Å²) in [6, 6.07) is 9.62. The van der Waals surface area contributed by atoms with Crippen LogP contribution in [0.1, 0.15) is 95.3 Å². The van der Waals surface area contributed by atoms with Crippen LogP contribution < -0.4 is 10.2 Å². The maximum atomic E-state index is 12.6. The zero-order valence-corrected chi connectivity index (χ0v) is 24.9. The number of carbonyl (C=O) groups is 1. The van der Waals surface area contributed by atoms with E-state index in [2.05, 4.69) is 11.8 Å². The highest BCUT2D eigenvalue weighted by Gasteiger charge is 2.21. The van der Waals surface area contributed by atoms with Gasteiger partial charge in [-0.3, -0.25) is 14.5 Å². The van der Waals surface area contributed by atoms with Crippen LogP contribution in [-0.4, -0.2) is 48.1 Å². The number of nitrogens with zero attached hydrogens (tertiary/aromatic N) is 2. The lowest BCUT2D eigenvalue weighted by molar-refractivity contribution is -0.133. The van der Waals surface area contributed by atoms with Gasteiger partial charge < -0.3 is 14.1 Å². The molecule has 1 aromatic carbocycles. The minimum Gasteiger partial charge on any atom is -0.482 e. The molecule has 1 fully saturated rings. The molecule has 7 heteroatoms. The van der Waals surface area contributed by atoms with Crippen LogP contribution in [0.4, 0.5) is 0 Å². The molecular weight excluding hydrogens is 508 g/mol. The summed E-state index contributed by atoms with van der Waals surface area (Å²) in [5.74, 6) is 1.13. The number of rotatable bonds is 18. The summed E-state index contributed by atoms with van der Waals surface area (Å²) in [6.45, 7) is 6.20. The average Bonchev–Trinajstić information content (AvgIpc) is 2.96. The standard InChI is InChI=1S/C32H48N2O4S/c1-3-4-5-6-7-8-9-10-11-12-13-14-32(36)34-21-19-33(20-22-34)24-28-23-30(35)31(26-37-28)38-25-27-15-17-29(39-2)18-16-27/h15-18,23,26H,3-14,19-22,24-25H2,1-2H3. The Kier molecular flexibility index (Phi) is 14.6. The Morgan fingerprint density at radius 2 is 1.51 bits per heavy atom. The van der Waals surface area contributed by atoms with E-state index in [9.17, 15) is 9.59 Å². The van der Waals surface area contributed by atoms with Crippen LogP contribution in [0.5, 0.6) is 5.75 Å². The topological polar surface area (TPSA) is 63.0 Å². The monoisotopic (exact) mass is 556 g/mol. The van der Waals surface area contributed by atoms with Gasteiger partial charge in [0.1, 0.15) is 18.6 Å². The SMILES string of the molecule is CCCCCCCCCCCCCC(=O)N1CCN(Cc2cc(=O)c(OCc3ccc(SC)cc3)co2)CC1. The molecule has 1 amide bonds. The molecule has 2 aromatic rings. The van der Waals surface area contributed by atoms with Crippen molar-refractivity contribution >= 4 is 17.7 Å². The summed E-state index contributed by atoms with van der Waals surface area (Å²) in [5.41, 5.74) is 0.838. The Balaban J connectivity index is 1.27. The van der Waals surface area contributed by atoms with E-state index in [0.717, 1.165) is 44.6 Å². The Morgan fingerprint density at radius 1 is 0.897 bits per heavy atom. The normalized spacial score (nSPS) is 14.1. The van der Waals surface area contributed by atoms with Crippen molar-refractivity contribution in [1.82, 2.24) is 9.80 Å². The highest BCUT2D eigenvalue weighted by atomic mass is 32.2. The van der Waals surface area contributed by atoms with E-state index in [1.807, 2.05) is 35.4 Å². The number of benzene rings is 1. The summed E-state index contributed by atoms with van der Waals surface area (Å²) < 4.78 is 11.4. The van der Waals surface area contributed by atoms with Crippen molar-refractivity contribution in [3.05, 3.63) is 58.1 Å². The van der Waals surface area contributed by atoms with Gasteiger partial charge in [0.25, 0.3) is 0 Å². The molecule has 1 aliphatic rings. The fourth-order valence-electron chi connectivity index (χ4n) is 4.98. The number of hydrogen-bond acceptors (Lipinski definition) is 6. The van der Waals surface area contributed by atoms with Crippen LogP contribution in [0.15, 0.2) is 50.7 Å². The molecule has 1 aliphatic heterocycles. The van der Waals surface area contributed by atoms with E-state index in [1.165, 1.54) is 75.0 Å². The molecule has 1 saturated heterocycles. The van der Waals surface area contributed by atoms with Gasteiger partial charge in [0.15, 0.2) is 0 Å². The first-order valence-electron chi connectivity index (χ1n) is 15.0. The largest absolute Gasteiger partial charge is 0.482 e. The molecule has 216 valence electrons. The summed E-state index contributed by atoms with van der Waals surface area (Å²) in [4.78, 5) is 30.6. The maximum Gasteiger partial charge on any atom is 0.227 e. The van der Waals surface area contributed by atoms with Crippen molar-refractivity contribution in [2.45, 2.75) is 102 Å². The number of carbonyl (C=O) groups excluding carboxylic acids is 1. The van der Waals surface area contributed by atoms with Crippen LogP contribution in [0.2, 0.25) is 0 Å². The van der Waals surface area contributed by atoms with E-state index in [1.54, 1.807) is 11.8 Å². The van der Waals surface area contributed by atoms with Crippen LogP contribution in [-0.2, 0) is 17.9 Å². The highest BCUT2D eigenvalue weighted by molar-refractivity contribution is 7.98. The second-order valence-corrected chi connectivity index (χ2v) is 11.5. The van der Waals surface area contributed by atoms with Gasteiger partial charge in [-0.2, -0.15) is 0 Å². The second kappa shape index (κ2) is 18.2. The Morgan fingerprint density at radius 3 is 2.10 bits per heavy atom. The van der Waals surface area contributed by atoms with Gasteiger partial charge in [0.05, 0.1) is 6.54 Å². The number of thioether (sulfide) groups is 1. The fraction of sp³-hybridized carbons (Fsp3) is 0.625. The summed E-state index contributed by atoms with van der Waals surface area (Å²) in [7, 11) is 0. The van der Waals surface area contributed by atoms with E-state index < -0.39 is 0 Å². The predicted molar refractivity (Wildman–Crippen MR) is 160 cm³/mol. The molecule has 0 spiro atoms. The van der Waals surface area contributed by atoms with Gasteiger partial charge in [-0.25, -0.2) is 0 Å². The minimum atomic E-state index is -0.169. The van der Waals surface area contributed by atoms with Gasteiger partial charge in [-0.1, -0.05) is 83.3 Å². The first kappa shape index (κ1) is 31.3. The van der Waals surface area contributed by atoms with Crippen LogP contribution >= 0.6 is 11.8 Å². The molecular formula is C32H48N2O4S. The molecule has 2 heterocycles. The lowest BCUT2D eigenvalue weighted by atomic mass is 10.1. The molecule has 0 saturated carbocycles. The molecule has 0 N–H and O–H groups in total. The molecule has 0 radical (unpaired) electrons. The summed E-state index contributed by atoms with van der Waals surface area (Å²) in [6.07, 6.45) is 18.4. The van der Waals surface area contributed by atoms with Crippen molar-refractivity contribution in [3.63, 3.8) is 0 Å². The number of amides is 1. The Hall–Kier alpha value is -2.25. The third-order valence-electron chi connectivity index (χ3n) is 7.50. The minimum absolute atomic E-state index is 0.169. The molecule has 0 atom stereocenters. The zero-order chi connectivity index (χ0) is 27.7. The van der Waals surface area contributed by atoms with Crippen molar-refractivity contribution in [1.29, 1.82) is 0 Å². The van der Waals surface area contributed by atoms with Gasteiger partial charge in [-0.15, -0.1) is 11.8 Å². The molecule has 0 bridgehead atoms. The Labute approximate surface area is 239 Å². The number of ether oxygens (including phenoxy) is 1. The van der Waals surface area contributed by atoms with Gasteiger partial charge in [0.2, 0.25) is 17.1 Å². The second-order valence-electron chi connectivity index (χ2n) is 10.7. The maximum absolute atomic E-state index is 12.6. The lowest BCUT2D eigenvalue weighted by Crippen LogP contribution is -2.48. The molecule has 0 unspecified atom stereocenters. The highest BCUT2D eigenvalue weighted by Crippen LogP contribution is 2.17. The van der Waals surface area contributed by atoms with E-state index in [-0.39, 0.29) is 17.1 Å². The molecule has 6 nitrogen and oxygen atoms in total. The summed E-state index contributed by atoms with van der Waals surface area (Å²) >= 11 is 1.69. The molecule has 3 rings (SSSR count). The van der Waals surface area contributed by atoms with Gasteiger partial charge in [-0.05, 0) is 30.4 Å². The van der Waals surface area contributed by atoms with Gasteiger partial charge in [0, 0.05) is 43.6 Å². The van der Waals surface area contributed by atoms with Crippen molar-refractivity contribution in [2.24, 2.45) is 0 Å². The van der Waals surface area contributed by atoms with Crippen molar-refractivity contribution in [3.8, 4) is 5.75 Å². The Bertz CT molecular complexity index is 1020. The first-order chi connectivity index (χ1) is 19.1. The van der Waals surface area contributed by atoms with Crippen LogP contribution in [0.3, 0.4) is 0 Å². The predicted octanol–water partition coefficient (Wildman–Crippen LogP) is 7.29. The van der Waals surface area contributed by atoms with E-state index >= 15 is 0 Å². The molecule has 39 heavy (non-hydrogen) atoms. The van der Waals surface area contributed by atoms with Crippen LogP contribution in [0, 0.1) is 0 Å². The third-order valence-corrected chi connectivity index (χ3v) is 8.25. The first-order valence-corrected chi connectivity index (χ1v) is 16.2. The zero-order valence-electron chi connectivity index (χ0n) is 24.1. The molecule has 1 aromatic heterocycles. The fourth-order valence-corrected chi connectivity index (χ4v) is 5.39. The van der Waals surface area contributed by atoms with E-state index in [4.69, 9.17) is 9.15 Å². The van der Waals surface area contributed by atoms with Crippen molar-refractivity contribution in [2.75, 3.05) is 32.4 Å². The number of hydrogen-bond donors (Lipinski definition) is 0. The lowest BCUT2D eigenvalue weighted by Gasteiger charge is -2.34. The van der Waals surface area contributed by atoms with Crippen LogP contribution in [0.25, 0.3) is 0 Å². The van der Waals surface area contributed by atoms with Crippen molar-refractivity contribution < 1.29 is 13.9 Å². The van der Waals surface area contributed by atoms with E-state index in [0.29, 0.717) is 25.3 Å².